The maximum absolute atomic E-state index is 14.8. The van der Waals surface area contributed by atoms with Crippen LogP contribution in [0.5, 0.6) is 5.75 Å². The number of fused-ring (bicyclic) bond motifs is 7. The predicted octanol–water partition coefficient (Wildman–Crippen LogP) is -1.58. The first kappa shape index (κ1) is 61.4. The molecule has 3 heterocycles. The maximum atomic E-state index is 14.8. The number of carbonyl (C=O) groups excluding carboxylic acids is 11. The van der Waals surface area contributed by atoms with E-state index >= 15 is 0 Å². The summed E-state index contributed by atoms with van der Waals surface area (Å²) in [7, 11) is 3.67. The first-order valence-electron chi connectivity index (χ1n) is 25.2. The number of methoxy groups -OCH3 is 1. The van der Waals surface area contributed by atoms with Crippen LogP contribution in [-0.4, -0.2) is 155 Å². The molecule has 75 heavy (non-hydrogen) atoms. The number of nitrogens with zero attached hydrogens (tertiary/aromatic N) is 1. The fraction of sp³-hybridized carbons (Fsp3) is 0.653. The van der Waals surface area contributed by atoms with Crippen LogP contribution < -0.4 is 64.5 Å². The molecule has 3 aliphatic rings. The van der Waals surface area contributed by atoms with Crippen molar-refractivity contribution in [1.29, 1.82) is 0 Å². The summed E-state index contributed by atoms with van der Waals surface area (Å²) < 4.78 is 4.33. The molecule has 3 fully saturated rings. The van der Waals surface area contributed by atoms with Gasteiger partial charge < -0.3 is 69.4 Å². The summed E-state index contributed by atoms with van der Waals surface area (Å²) in [6.45, 7) is 11.9. The molecule has 0 saturated carbocycles. The lowest BCUT2D eigenvalue weighted by Gasteiger charge is -2.35. The third-order valence-electron chi connectivity index (χ3n) is 13.8. The Hall–Kier alpha value is -6.15. The Kier molecular flexibility index (Phi) is 23.0. The van der Waals surface area contributed by atoms with Crippen molar-refractivity contribution in [2.24, 2.45) is 23.1 Å². The van der Waals surface area contributed by atoms with Gasteiger partial charge in [-0.3, -0.25) is 52.7 Å². The first-order valence-corrected chi connectivity index (χ1v) is 27.6. The SMILES string of the molecule is CC[C@H](C)[C@@H]1NC(=O)[C@@H]([C@H](C)c2c(C)cc(OC)cc2C)NC(=O)[C@H](N)C(C)(C)SSC[C@@H]2NC(=O)[C@@H](CC(N)=O)NC(=O)[C@@H](CCC(=O)NCCCC[C@H](C(=O)NCC(N)=O)NC(=O)[C@H]3CCCN3C2=O)NC1=O. The molecule has 14 N–H and O–H groups in total. The first-order chi connectivity index (χ1) is 35.3. The van der Waals surface area contributed by atoms with Crippen LogP contribution in [0, 0.1) is 19.8 Å². The third-order valence-corrected chi connectivity index (χ3v) is 17.1. The van der Waals surface area contributed by atoms with E-state index in [1.165, 1.54) is 12.0 Å². The van der Waals surface area contributed by atoms with Crippen LogP contribution in [0.4, 0.5) is 0 Å². The molecule has 0 spiro atoms. The van der Waals surface area contributed by atoms with Crippen LogP contribution in [0.1, 0.15) is 115 Å². The van der Waals surface area contributed by atoms with Gasteiger partial charge in [-0.1, -0.05) is 48.8 Å². The summed E-state index contributed by atoms with van der Waals surface area (Å²) in [5.74, 6) is -9.87. The highest BCUT2D eigenvalue weighted by molar-refractivity contribution is 8.77. The van der Waals surface area contributed by atoms with Gasteiger partial charge in [-0.2, -0.15) is 0 Å². The van der Waals surface area contributed by atoms with Crippen molar-refractivity contribution >= 4 is 86.6 Å². The van der Waals surface area contributed by atoms with Crippen LogP contribution in [0.25, 0.3) is 0 Å². The van der Waals surface area contributed by atoms with Gasteiger partial charge in [0.1, 0.15) is 48.0 Å². The van der Waals surface area contributed by atoms with E-state index in [1.54, 1.807) is 46.8 Å². The standard InChI is InChI=1S/C49H76N12O12S2/c1-9-24(2)38-45(69)56-30-15-16-36(64)53-17-11-10-13-29(41(65)54-22-35(51)63)55-44(68)33-14-12-18-61(33)48(72)32(58-43(67)31(21-34(50)62)57-42(30)66)23-74-75-49(6,7)40(52)47(71)60-39(46(70)59-38)27(5)37-25(3)19-28(73-8)20-26(37)4/h19-20,24,27,29-33,38-40H,9-18,21-23,52H2,1-8H3,(H2,50,62)(H2,51,63)(H,53,64)(H,54,65)(H,55,68)(H,56,69)(H,57,66)(H,58,67)(H,59,70)(H,60,71)/t24-,27+,29+,30+,31+,32-,33+,38-,39+,40-/m0/s1. The molecule has 3 saturated heterocycles. The predicted molar refractivity (Wildman–Crippen MR) is 281 cm³/mol. The number of ether oxygens (including phenoxy) is 1. The molecular formula is C49H76N12O12S2. The zero-order chi connectivity index (χ0) is 55.9. The van der Waals surface area contributed by atoms with Crippen LogP contribution in [-0.2, 0) is 52.7 Å². The highest BCUT2D eigenvalue weighted by Gasteiger charge is 2.43. The quantitative estimate of drug-likeness (QED) is 0.118. The largest absolute Gasteiger partial charge is 0.497 e. The zero-order valence-corrected chi connectivity index (χ0v) is 45.6. The van der Waals surface area contributed by atoms with E-state index in [-0.39, 0.29) is 50.9 Å². The van der Waals surface area contributed by atoms with Gasteiger partial charge in [-0.25, -0.2) is 0 Å². The van der Waals surface area contributed by atoms with Crippen molar-refractivity contribution in [1.82, 2.24) is 47.4 Å². The second kappa shape index (κ2) is 28.1. The Morgan fingerprint density at radius 2 is 1.43 bits per heavy atom. The number of carbonyl (C=O) groups is 11. The van der Waals surface area contributed by atoms with Crippen molar-refractivity contribution < 1.29 is 57.5 Å². The van der Waals surface area contributed by atoms with Crippen LogP contribution in [0.15, 0.2) is 12.1 Å². The number of amides is 11. The van der Waals surface area contributed by atoms with Gasteiger partial charge in [0.15, 0.2) is 0 Å². The molecule has 416 valence electrons. The van der Waals surface area contributed by atoms with Gasteiger partial charge in [0.05, 0.1) is 26.1 Å². The Balaban J connectivity index is 1.89. The van der Waals surface area contributed by atoms with E-state index in [0.29, 0.717) is 25.0 Å². The molecule has 0 aromatic heterocycles. The second-order valence-electron chi connectivity index (χ2n) is 19.9. The lowest BCUT2D eigenvalue weighted by Crippen LogP contribution is -2.62. The average Bonchev–Trinajstić information content (AvgIpc) is 3.85. The summed E-state index contributed by atoms with van der Waals surface area (Å²) in [4.78, 5) is 154. The minimum Gasteiger partial charge on any atom is -0.497 e. The molecule has 1 aromatic rings. The number of nitrogens with two attached hydrogens (primary N) is 3. The van der Waals surface area contributed by atoms with Crippen LogP contribution in [0.2, 0.25) is 0 Å². The number of primary amides is 2. The van der Waals surface area contributed by atoms with E-state index in [4.69, 9.17) is 21.9 Å². The lowest BCUT2D eigenvalue weighted by atomic mass is 9.85. The number of hydrogen-bond acceptors (Lipinski definition) is 15. The number of hydrogen-bond donors (Lipinski definition) is 11. The van der Waals surface area contributed by atoms with E-state index in [1.807, 2.05) is 13.8 Å². The monoisotopic (exact) mass is 1090 g/mol. The van der Waals surface area contributed by atoms with E-state index in [9.17, 15) is 52.7 Å². The number of aryl methyl sites for hydroxylation is 2. The Labute approximate surface area is 445 Å². The number of benzene rings is 1. The summed E-state index contributed by atoms with van der Waals surface area (Å²) in [5, 5.41) is 21.3. The van der Waals surface area contributed by atoms with E-state index in [2.05, 4.69) is 42.5 Å². The highest BCUT2D eigenvalue weighted by atomic mass is 33.1. The molecule has 0 radical (unpaired) electrons. The second-order valence-corrected chi connectivity index (χ2v) is 22.9. The van der Waals surface area contributed by atoms with Gasteiger partial charge in [0, 0.05) is 35.9 Å². The molecule has 24 nitrogen and oxygen atoms in total. The molecule has 2 bridgehead atoms. The van der Waals surface area contributed by atoms with Crippen molar-refractivity contribution in [2.75, 3.05) is 32.5 Å². The molecule has 0 unspecified atom stereocenters. The Morgan fingerprint density at radius 1 is 0.787 bits per heavy atom. The van der Waals surface area contributed by atoms with Crippen molar-refractivity contribution in [3.05, 3.63) is 28.8 Å². The van der Waals surface area contributed by atoms with Crippen molar-refractivity contribution in [2.45, 2.75) is 165 Å². The van der Waals surface area contributed by atoms with Gasteiger partial charge in [0.2, 0.25) is 65.0 Å². The topological polar surface area (TPSA) is 375 Å². The van der Waals surface area contributed by atoms with Gasteiger partial charge in [0.25, 0.3) is 0 Å². The van der Waals surface area contributed by atoms with Crippen LogP contribution >= 0.6 is 21.6 Å². The van der Waals surface area contributed by atoms with Crippen molar-refractivity contribution in [3.8, 4) is 5.75 Å². The molecular weight excluding hydrogens is 1010 g/mol. The smallest absolute Gasteiger partial charge is 0.246 e. The minimum absolute atomic E-state index is 0.0547. The zero-order valence-electron chi connectivity index (χ0n) is 44.0. The molecule has 26 heteroatoms. The van der Waals surface area contributed by atoms with E-state index < -0.39 is 143 Å². The summed E-state index contributed by atoms with van der Waals surface area (Å²) in [6, 6.07) is -7.49. The highest BCUT2D eigenvalue weighted by Crippen LogP contribution is 2.39. The van der Waals surface area contributed by atoms with Gasteiger partial charge in [-0.15, -0.1) is 0 Å². The fourth-order valence-corrected chi connectivity index (χ4v) is 12.0. The Morgan fingerprint density at radius 3 is 2.05 bits per heavy atom. The normalized spacial score (nSPS) is 27.2. The summed E-state index contributed by atoms with van der Waals surface area (Å²) >= 11 is 0. The fourth-order valence-electron chi connectivity index (χ4n) is 9.23. The average molecular weight is 1090 g/mol. The van der Waals surface area contributed by atoms with Gasteiger partial charge in [-0.05, 0) is 101 Å². The molecule has 3 aliphatic heterocycles. The lowest BCUT2D eigenvalue weighted by molar-refractivity contribution is -0.142. The molecule has 1 aromatic carbocycles. The van der Waals surface area contributed by atoms with E-state index in [0.717, 1.165) is 38.3 Å². The summed E-state index contributed by atoms with van der Waals surface area (Å²) in [5.41, 5.74) is 19.8. The third kappa shape index (κ3) is 17.2. The van der Waals surface area contributed by atoms with Crippen LogP contribution in [0.3, 0.4) is 0 Å². The molecule has 10 atom stereocenters. The molecule has 4 rings (SSSR count). The maximum Gasteiger partial charge on any atom is 0.246 e. The molecule has 0 aliphatic carbocycles. The number of nitrogens with one attached hydrogen (secondary N) is 8. The summed E-state index contributed by atoms with van der Waals surface area (Å²) in [6.07, 6.45) is 0.0317. The minimum atomic E-state index is -1.74. The Bertz CT molecular complexity index is 2300. The molecule has 11 amide bonds. The van der Waals surface area contributed by atoms with Crippen molar-refractivity contribution in [3.63, 3.8) is 0 Å². The number of rotatable bonds is 10. The van der Waals surface area contributed by atoms with Gasteiger partial charge >= 0.3 is 0 Å².